The summed E-state index contributed by atoms with van der Waals surface area (Å²) in [6, 6.07) is 2.70. The van der Waals surface area contributed by atoms with Crippen LogP contribution in [-0.4, -0.2) is 78.9 Å². The molecule has 2 aliphatic heterocycles. The van der Waals surface area contributed by atoms with Gasteiger partial charge in [0.2, 0.25) is 0 Å². The molecule has 0 unspecified atom stereocenters. The van der Waals surface area contributed by atoms with Gasteiger partial charge in [0, 0.05) is 37.9 Å². The molecule has 0 N–H and O–H groups in total. The zero-order valence-electron chi connectivity index (χ0n) is 16.8. The van der Waals surface area contributed by atoms with Gasteiger partial charge in [0.1, 0.15) is 11.8 Å². The number of anilines is 1. The van der Waals surface area contributed by atoms with E-state index in [2.05, 4.69) is 4.74 Å². The van der Waals surface area contributed by atoms with Crippen LogP contribution in [-0.2, 0) is 20.4 Å². The summed E-state index contributed by atoms with van der Waals surface area (Å²) in [4.78, 5) is 38.7. The van der Waals surface area contributed by atoms with Gasteiger partial charge in [-0.2, -0.15) is 13.2 Å². The molecular weight excluding hydrogens is 425 g/mol. The molecule has 170 valence electrons. The summed E-state index contributed by atoms with van der Waals surface area (Å²) in [5.74, 6) is -0.336. The molecule has 31 heavy (non-hydrogen) atoms. The third-order valence-corrected chi connectivity index (χ3v) is 5.28. The summed E-state index contributed by atoms with van der Waals surface area (Å²) in [5, 5.41) is 11.0. The number of hydrogen-bond donors (Lipinski definition) is 0. The second kappa shape index (κ2) is 8.57. The predicted octanol–water partition coefficient (Wildman–Crippen LogP) is 2.08. The number of nitro benzene ring substituents is 1. The summed E-state index contributed by atoms with van der Waals surface area (Å²) in [7, 11) is 1.27. The molecule has 0 bridgehead atoms. The fourth-order valence-electron chi connectivity index (χ4n) is 3.66. The smallest absolute Gasteiger partial charge is 0.423 e. The van der Waals surface area contributed by atoms with E-state index in [9.17, 15) is 32.9 Å². The number of ether oxygens (including phenoxy) is 2. The van der Waals surface area contributed by atoms with Crippen LogP contribution in [0.25, 0.3) is 0 Å². The molecule has 0 aromatic heterocycles. The molecule has 10 nitrogen and oxygen atoms in total. The quantitative estimate of drug-likeness (QED) is 0.517. The van der Waals surface area contributed by atoms with Crippen molar-refractivity contribution >= 4 is 23.4 Å². The first-order chi connectivity index (χ1) is 14.5. The molecule has 0 spiro atoms. The number of nitro groups is 1. The van der Waals surface area contributed by atoms with E-state index in [1.807, 2.05) is 0 Å². The van der Waals surface area contributed by atoms with Crippen LogP contribution in [0.15, 0.2) is 18.2 Å². The van der Waals surface area contributed by atoms with Crippen LogP contribution in [0.3, 0.4) is 0 Å². The van der Waals surface area contributed by atoms with Crippen LogP contribution in [0.4, 0.5) is 29.3 Å². The molecule has 13 heteroatoms. The van der Waals surface area contributed by atoms with Crippen LogP contribution < -0.4 is 4.90 Å². The maximum atomic E-state index is 13.3. The molecule has 2 atom stereocenters. The number of nitrogens with zero attached hydrogens (tertiary/aromatic N) is 4. The van der Waals surface area contributed by atoms with E-state index in [1.165, 1.54) is 27.9 Å². The molecule has 2 saturated heterocycles. The number of amides is 2. The SMILES string of the molecule is COC(=O)N1CCN(C(=O)[C@@H]2CN(c3ccc([N+](=O)[O-])c(C(F)(F)F)c3)[C@@H](C)O2)CC1. The monoisotopic (exact) mass is 446 g/mol. The van der Waals surface area contributed by atoms with E-state index in [1.54, 1.807) is 6.92 Å². The van der Waals surface area contributed by atoms with Crippen molar-refractivity contribution in [2.45, 2.75) is 25.4 Å². The lowest BCUT2D eigenvalue weighted by Gasteiger charge is -2.34. The largest absolute Gasteiger partial charge is 0.453 e. The van der Waals surface area contributed by atoms with Crippen LogP contribution in [0.5, 0.6) is 0 Å². The zero-order chi connectivity index (χ0) is 22.9. The van der Waals surface area contributed by atoms with E-state index in [0.29, 0.717) is 19.2 Å². The number of carbonyl (C=O) groups excluding carboxylic acids is 2. The summed E-state index contributed by atoms with van der Waals surface area (Å²) >= 11 is 0. The molecular formula is C18H21F3N4O6. The van der Waals surface area contributed by atoms with Crippen molar-refractivity contribution in [2.24, 2.45) is 0 Å². The Hall–Kier alpha value is -3.09. The molecule has 3 rings (SSSR count). The Morgan fingerprint density at radius 3 is 2.35 bits per heavy atom. The minimum Gasteiger partial charge on any atom is -0.453 e. The maximum absolute atomic E-state index is 13.3. The van der Waals surface area contributed by atoms with Crippen LogP contribution >= 0.6 is 0 Å². The molecule has 0 saturated carbocycles. The Kier molecular flexibility index (Phi) is 6.25. The highest BCUT2D eigenvalue weighted by Gasteiger charge is 2.41. The molecule has 2 heterocycles. The van der Waals surface area contributed by atoms with Crippen LogP contribution in [0, 0.1) is 10.1 Å². The van der Waals surface area contributed by atoms with Gasteiger partial charge in [-0.1, -0.05) is 0 Å². The molecule has 2 amide bonds. The fourth-order valence-corrected chi connectivity index (χ4v) is 3.66. The van der Waals surface area contributed by atoms with Gasteiger partial charge >= 0.3 is 12.3 Å². The number of carbonyl (C=O) groups is 2. The topological polar surface area (TPSA) is 105 Å². The highest BCUT2D eigenvalue weighted by molar-refractivity contribution is 5.83. The number of rotatable bonds is 3. The summed E-state index contributed by atoms with van der Waals surface area (Å²) in [6.07, 6.45) is -7.02. The summed E-state index contributed by atoms with van der Waals surface area (Å²) in [6.45, 7) is 2.71. The van der Waals surface area contributed by atoms with Crippen molar-refractivity contribution in [2.75, 3.05) is 44.7 Å². The minimum atomic E-state index is -4.91. The van der Waals surface area contributed by atoms with E-state index in [4.69, 9.17) is 4.74 Å². The number of methoxy groups -OCH3 is 1. The van der Waals surface area contributed by atoms with E-state index in [-0.39, 0.29) is 31.2 Å². The van der Waals surface area contributed by atoms with E-state index in [0.717, 1.165) is 6.07 Å². The Morgan fingerprint density at radius 1 is 1.19 bits per heavy atom. The first-order valence-electron chi connectivity index (χ1n) is 9.42. The first kappa shape index (κ1) is 22.6. The lowest BCUT2D eigenvalue weighted by molar-refractivity contribution is -0.388. The zero-order valence-corrected chi connectivity index (χ0v) is 16.8. The summed E-state index contributed by atoms with van der Waals surface area (Å²) < 4.78 is 50.2. The molecule has 0 radical (unpaired) electrons. The lowest BCUT2D eigenvalue weighted by atomic mass is 10.1. The third-order valence-electron chi connectivity index (χ3n) is 5.28. The average Bonchev–Trinajstić information content (AvgIpc) is 3.13. The highest BCUT2D eigenvalue weighted by Crippen LogP contribution is 2.39. The van der Waals surface area contributed by atoms with Crippen molar-refractivity contribution in [3.8, 4) is 0 Å². The predicted molar refractivity (Wildman–Crippen MR) is 100 cm³/mol. The van der Waals surface area contributed by atoms with Crippen molar-refractivity contribution in [1.82, 2.24) is 9.80 Å². The van der Waals surface area contributed by atoms with Gasteiger partial charge in [0.15, 0.2) is 6.10 Å². The number of hydrogen-bond acceptors (Lipinski definition) is 7. The average molecular weight is 446 g/mol. The first-order valence-corrected chi connectivity index (χ1v) is 9.42. The van der Waals surface area contributed by atoms with Gasteiger partial charge in [-0.3, -0.25) is 14.9 Å². The normalized spacial score (nSPS) is 21.9. The molecule has 0 aliphatic carbocycles. The lowest BCUT2D eigenvalue weighted by Crippen LogP contribution is -2.53. The van der Waals surface area contributed by atoms with Crippen LogP contribution in [0.1, 0.15) is 12.5 Å². The fraction of sp³-hybridized carbons (Fsp3) is 0.556. The third kappa shape index (κ3) is 4.65. The Labute approximate surface area is 175 Å². The molecule has 1 aromatic rings. The number of alkyl halides is 3. The van der Waals surface area contributed by atoms with Gasteiger partial charge in [0.25, 0.3) is 11.6 Å². The van der Waals surface area contributed by atoms with Gasteiger partial charge in [0.05, 0.1) is 18.6 Å². The number of halogens is 3. The van der Waals surface area contributed by atoms with E-state index >= 15 is 0 Å². The molecule has 1 aromatic carbocycles. The van der Waals surface area contributed by atoms with Gasteiger partial charge < -0.3 is 24.2 Å². The van der Waals surface area contributed by atoms with Crippen molar-refractivity contribution in [3.63, 3.8) is 0 Å². The number of piperazine rings is 1. The summed E-state index contributed by atoms with van der Waals surface area (Å²) in [5.41, 5.74) is -2.34. The van der Waals surface area contributed by atoms with Crippen molar-refractivity contribution in [3.05, 3.63) is 33.9 Å². The van der Waals surface area contributed by atoms with Crippen LogP contribution in [0.2, 0.25) is 0 Å². The van der Waals surface area contributed by atoms with Crippen molar-refractivity contribution < 1.29 is 37.2 Å². The van der Waals surface area contributed by atoms with Crippen molar-refractivity contribution in [1.29, 1.82) is 0 Å². The standard InChI is InChI=1S/C18H21F3N4O6/c1-11-24(12-3-4-14(25(28)29)13(9-12)18(19,20)21)10-15(31-11)16(26)22-5-7-23(8-6-22)17(27)30-2/h3-4,9,11,15H,5-8,10H2,1-2H3/t11-,15+/m1/s1. The second-order valence-electron chi connectivity index (χ2n) is 7.12. The second-order valence-corrected chi connectivity index (χ2v) is 7.12. The Bertz CT molecular complexity index is 872. The minimum absolute atomic E-state index is 0.00762. The van der Waals surface area contributed by atoms with E-state index < -0.39 is 40.8 Å². The maximum Gasteiger partial charge on any atom is 0.423 e. The molecule has 2 fully saturated rings. The highest BCUT2D eigenvalue weighted by atomic mass is 19.4. The number of benzene rings is 1. The van der Waals surface area contributed by atoms with Gasteiger partial charge in [-0.05, 0) is 19.1 Å². The Morgan fingerprint density at radius 2 is 1.81 bits per heavy atom. The molecule has 2 aliphatic rings. The van der Waals surface area contributed by atoms with Gasteiger partial charge in [-0.15, -0.1) is 0 Å². The van der Waals surface area contributed by atoms with Gasteiger partial charge in [-0.25, -0.2) is 4.79 Å². The Balaban J connectivity index is 1.72.